The van der Waals surface area contributed by atoms with Crippen LogP contribution in [-0.4, -0.2) is 33.9 Å². The number of hydrogen-bond acceptors (Lipinski definition) is 4. The molecule has 0 bridgehead atoms. The van der Waals surface area contributed by atoms with E-state index in [0.717, 1.165) is 32.4 Å². The fraction of sp³-hybridized carbons (Fsp3) is 0.600. The molecule has 1 atom stereocenters. The molecule has 4 nitrogen and oxygen atoms in total. The van der Waals surface area contributed by atoms with Crippen molar-refractivity contribution >= 4 is 9.84 Å². The summed E-state index contributed by atoms with van der Waals surface area (Å²) in [7, 11) is -3.13. The van der Waals surface area contributed by atoms with Crippen molar-refractivity contribution in [3.63, 3.8) is 0 Å². The molecular formula is C15H25NO3S. The summed E-state index contributed by atoms with van der Waals surface area (Å²) in [5.41, 5.74) is 0. The Morgan fingerprint density at radius 1 is 1.20 bits per heavy atom. The lowest BCUT2D eigenvalue weighted by Gasteiger charge is -2.15. The van der Waals surface area contributed by atoms with Gasteiger partial charge in [0.1, 0.15) is 5.75 Å². The molecule has 1 N–H and O–H groups in total. The molecule has 0 aliphatic heterocycles. The van der Waals surface area contributed by atoms with E-state index in [4.69, 9.17) is 4.74 Å². The zero-order chi connectivity index (χ0) is 15.0. The van der Waals surface area contributed by atoms with Crippen molar-refractivity contribution in [2.75, 3.05) is 19.3 Å². The van der Waals surface area contributed by atoms with Gasteiger partial charge in [0, 0.05) is 6.26 Å². The van der Waals surface area contributed by atoms with Crippen LogP contribution < -0.4 is 10.1 Å². The number of ether oxygens (including phenoxy) is 1. The first kappa shape index (κ1) is 17.0. The Labute approximate surface area is 122 Å². The highest BCUT2D eigenvalue weighted by Gasteiger charge is 2.08. The molecule has 1 rings (SSSR count). The summed E-state index contributed by atoms with van der Waals surface area (Å²) in [5, 5.41) is 3.36. The number of benzene rings is 1. The highest BCUT2D eigenvalue weighted by molar-refractivity contribution is 7.90. The summed E-state index contributed by atoms with van der Waals surface area (Å²) in [5.74, 6) is 0.714. The third-order valence-corrected chi connectivity index (χ3v) is 4.11. The first-order valence-electron chi connectivity index (χ1n) is 7.11. The van der Waals surface area contributed by atoms with Crippen LogP contribution in [0.3, 0.4) is 0 Å². The van der Waals surface area contributed by atoms with Crippen LogP contribution in [0.2, 0.25) is 0 Å². The molecule has 1 aromatic carbocycles. The van der Waals surface area contributed by atoms with E-state index >= 15 is 0 Å². The van der Waals surface area contributed by atoms with E-state index in [0.29, 0.717) is 10.6 Å². The normalized spacial score (nSPS) is 13.2. The lowest BCUT2D eigenvalue weighted by atomic mass is 10.2. The minimum absolute atomic E-state index is 0.127. The molecule has 0 aliphatic carbocycles. The highest BCUT2D eigenvalue weighted by atomic mass is 32.2. The Kier molecular flexibility index (Phi) is 7.02. The van der Waals surface area contributed by atoms with E-state index in [9.17, 15) is 8.42 Å². The fourth-order valence-electron chi connectivity index (χ4n) is 1.87. The Bertz CT molecular complexity index is 482. The molecule has 0 saturated heterocycles. The zero-order valence-electron chi connectivity index (χ0n) is 12.6. The monoisotopic (exact) mass is 299 g/mol. The standard InChI is InChI=1S/C15H25NO3S/c1-4-11-16-12-5-6-13(2)19-14-7-9-15(10-8-14)20(3,17)18/h7-10,13,16H,4-6,11-12H2,1-3H3. The van der Waals surface area contributed by atoms with Crippen LogP contribution in [0.15, 0.2) is 29.2 Å². The van der Waals surface area contributed by atoms with Gasteiger partial charge in [-0.2, -0.15) is 0 Å². The van der Waals surface area contributed by atoms with E-state index < -0.39 is 9.84 Å². The fourth-order valence-corrected chi connectivity index (χ4v) is 2.50. The van der Waals surface area contributed by atoms with Gasteiger partial charge in [-0.05, 0) is 63.5 Å². The van der Waals surface area contributed by atoms with Crippen LogP contribution in [0.4, 0.5) is 0 Å². The molecule has 0 radical (unpaired) electrons. The predicted molar refractivity (Wildman–Crippen MR) is 82.0 cm³/mol. The molecule has 114 valence electrons. The van der Waals surface area contributed by atoms with Crippen molar-refractivity contribution in [3.05, 3.63) is 24.3 Å². The first-order chi connectivity index (χ1) is 9.43. The molecule has 0 heterocycles. The van der Waals surface area contributed by atoms with Crippen molar-refractivity contribution in [3.8, 4) is 5.75 Å². The number of sulfone groups is 1. The van der Waals surface area contributed by atoms with Gasteiger partial charge in [-0.1, -0.05) is 6.92 Å². The first-order valence-corrected chi connectivity index (χ1v) is 9.00. The summed E-state index contributed by atoms with van der Waals surface area (Å²) in [6, 6.07) is 6.59. The van der Waals surface area contributed by atoms with E-state index in [1.807, 2.05) is 6.92 Å². The Hall–Kier alpha value is -1.07. The summed E-state index contributed by atoms with van der Waals surface area (Å²) >= 11 is 0. The molecule has 5 heteroatoms. The van der Waals surface area contributed by atoms with Gasteiger partial charge in [0.25, 0.3) is 0 Å². The smallest absolute Gasteiger partial charge is 0.175 e. The van der Waals surface area contributed by atoms with E-state index in [2.05, 4.69) is 12.2 Å². The average Bonchev–Trinajstić information content (AvgIpc) is 2.38. The second-order valence-electron chi connectivity index (χ2n) is 5.06. The van der Waals surface area contributed by atoms with Crippen LogP contribution in [0, 0.1) is 0 Å². The van der Waals surface area contributed by atoms with Gasteiger partial charge in [-0.3, -0.25) is 0 Å². The molecule has 0 aliphatic rings. The molecular weight excluding hydrogens is 274 g/mol. The van der Waals surface area contributed by atoms with E-state index in [1.54, 1.807) is 24.3 Å². The van der Waals surface area contributed by atoms with Crippen LogP contribution in [0.1, 0.15) is 33.1 Å². The van der Waals surface area contributed by atoms with Crippen molar-refractivity contribution in [2.45, 2.75) is 44.1 Å². The minimum atomic E-state index is -3.13. The Balaban J connectivity index is 2.37. The van der Waals surface area contributed by atoms with E-state index in [-0.39, 0.29) is 6.10 Å². The lowest BCUT2D eigenvalue weighted by Crippen LogP contribution is -2.19. The van der Waals surface area contributed by atoms with Gasteiger partial charge in [-0.15, -0.1) is 0 Å². The Morgan fingerprint density at radius 3 is 2.40 bits per heavy atom. The zero-order valence-corrected chi connectivity index (χ0v) is 13.4. The molecule has 0 amide bonds. The summed E-state index contributed by atoms with van der Waals surface area (Å²) in [6.45, 7) is 6.25. The maximum absolute atomic E-state index is 11.3. The minimum Gasteiger partial charge on any atom is -0.491 e. The van der Waals surface area contributed by atoms with Gasteiger partial charge in [-0.25, -0.2) is 8.42 Å². The predicted octanol–water partition coefficient (Wildman–Crippen LogP) is 2.64. The maximum atomic E-state index is 11.3. The lowest BCUT2D eigenvalue weighted by molar-refractivity contribution is 0.207. The molecule has 20 heavy (non-hydrogen) atoms. The van der Waals surface area contributed by atoms with Gasteiger partial charge in [0.05, 0.1) is 11.0 Å². The second-order valence-corrected chi connectivity index (χ2v) is 7.08. The van der Waals surface area contributed by atoms with Crippen molar-refractivity contribution < 1.29 is 13.2 Å². The summed E-state index contributed by atoms with van der Waals surface area (Å²) < 4.78 is 28.5. The molecule has 1 unspecified atom stereocenters. The SMILES string of the molecule is CCCNCCCC(C)Oc1ccc(S(C)(=O)=O)cc1. The second kappa shape index (κ2) is 8.27. The van der Waals surface area contributed by atoms with Crippen molar-refractivity contribution in [2.24, 2.45) is 0 Å². The van der Waals surface area contributed by atoms with Crippen LogP contribution in [0.5, 0.6) is 5.75 Å². The average molecular weight is 299 g/mol. The van der Waals surface area contributed by atoms with E-state index in [1.165, 1.54) is 6.26 Å². The van der Waals surface area contributed by atoms with Gasteiger partial charge in [0.15, 0.2) is 9.84 Å². The molecule has 0 spiro atoms. The van der Waals surface area contributed by atoms with Crippen molar-refractivity contribution in [1.29, 1.82) is 0 Å². The quantitative estimate of drug-likeness (QED) is 0.712. The van der Waals surface area contributed by atoms with Gasteiger partial charge >= 0.3 is 0 Å². The summed E-state index contributed by atoms with van der Waals surface area (Å²) in [6.07, 6.45) is 4.53. The summed E-state index contributed by atoms with van der Waals surface area (Å²) in [4.78, 5) is 0.321. The topological polar surface area (TPSA) is 55.4 Å². The van der Waals surface area contributed by atoms with Crippen LogP contribution in [-0.2, 0) is 9.84 Å². The third kappa shape index (κ3) is 6.39. The highest BCUT2D eigenvalue weighted by Crippen LogP contribution is 2.18. The van der Waals surface area contributed by atoms with Crippen LogP contribution in [0.25, 0.3) is 0 Å². The molecule has 0 aromatic heterocycles. The van der Waals surface area contributed by atoms with Crippen molar-refractivity contribution in [1.82, 2.24) is 5.32 Å². The van der Waals surface area contributed by atoms with Gasteiger partial charge in [0.2, 0.25) is 0 Å². The van der Waals surface area contributed by atoms with Gasteiger partial charge < -0.3 is 10.1 Å². The number of nitrogens with one attached hydrogen (secondary N) is 1. The molecule has 0 saturated carbocycles. The number of rotatable bonds is 9. The largest absolute Gasteiger partial charge is 0.491 e. The molecule has 0 fully saturated rings. The number of hydrogen-bond donors (Lipinski definition) is 1. The Morgan fingerprint density at radius 2 is 1.85 bits per heavy atom. The van der Waals surface area contributed by atoms with Crippen LogP contribution >= 0.6 is 0 Å². The molecule has 1 aromatic rings. The third-order valence-electron chi connectivity index (χ3n) is 2.98. The maximum Gasteiger partial charge on any atom is 0.175 e.